The van der Waals surface area contributed by atoms with E-state index in [1.807, 2.05) is 35.0 Å². The molecule has 3 heteroatoms. The van der Waals surface area contributed by atoms with Crippen molar-refractivity contribution in [2.24, 2.45) is 0 Å². The molecule has 0 unspecified atom stereocenters. The van der Waals surface area contributed by atoms with Crippen LogP contribution in [0.3, 0.4) is 0 Å². The lowest BCUT2D eigenvalue weighted by Crippen LogP contribution is -1.69. The van der Waals surface area contributed by atoms with Gasteiger partial charge in [0.05, 0.1) is 0 Å². The van der Waals surface area contributed by atoms with Crippen molar-refractivity contribution in [1.29, 1.82) is 0 Å². The first-order chi connectivity index (χ1) is 5.50. The predicted molar refractivity (Wildman–Crippen MR) is 46.4 cm³/mol. The van der Waals surface area contributed by atoms with Gasteiger partial charge in [-0.2, -0.15) is 21.5 Å². The van der Waals surface area contributed by atoms with Crippen LogP contribution in [0.25, 0.3) is 0 Å². The Hall–Kier alpha value is -1.22. The Balaban J connectivity index is 0.000000112. The lowest BCUT2D eigenvalue weighted by molar-refractivity contribution is 1.03. The Morgan fingerprint density at radius 3 is 1.45 bits per heavy atom. The Morgan fingerprint density at radius 1 is 0.727 bits per heavy atom. The van der Waals surface area contributed by atoms with E-state index in [1.54, 1.807) is 23.7 Å². The summed E-state index contributed by atoms with van der Waals surface area (Å²) in [6, 6.07) is 7.69. The predicted octanol–water partition coefficient (Wildman–Crippen LogP) is 2.22. The average molecular weight is 164 g/mol. The van der Waals surface area contributed by atoms with Gasteiger partial charge in [0, 0.05) is 12.4 Å². The molecule has 2 nitrogen and oxygen atoms in total. The van der Waals surface area contributed by atoms with Crippen LogP contribution in [-0.4, -0.2) is 10.2 Å². The topological polar surface area (TPSA) is 25.8 Å². The zero-order chi connectivity index (χ0) is 7.78. The van der Waals surface area contributed by atoms with Crippen molar-refractivity contribution in [3.8, 4) is 0 Å². The molecule has 0 spiro atoms. The summed E-state index contributed by atoms with van der Waals surface area (Å²) < 4.78 is 0. The largest absolute Gasteiger partial charge is 0.159 e. The molecule has 0 atom stereocenters. The Bertz CT molecular complexity index is 198. The first-order valence-corrected chi connectivity index (χ1v) is 4.13. The van der Waals surface area contributed by atoms with E-state index in [2.05, 4.69) is 10.2 Å². The number of nitrogens with zero attached hydrogens (tertiary/aromatic N) is 2. The molecule has 56 valence electrons. The van der Waals surface area contributed by atoms with E-state index in [9.17, 15) is 0 Å². The van der Waals surface area contributed by atoms with Gasteiger partial charge < -0.3 is 0 Å². The molecule has 0 fully saturated rings. The number of thiophene rings is 1. The third kappa shape index (κ3) is 4.22. The second-order valence-electron chi connectivity index (χ2n) is 1.71. The zero-order valence-corrected chi connectivity index (χ0v) is 6.74. The van der Waals surface area contributed by atoms with Crippen molar-refractivity contribution >= 4 is 11.3 Å². The van der Waals surface area contributed by atoms with Crippen molar-refractivity contribution in [2.45, 2.75) is 0 Å². The van der Waals surface area contributed by atoms with E-state index < -0.39 is 0 Å². The molecule has 0 aliphatic heterocycles. The van der Waals surface area contributed by atoms with Crippen LogP contribution in [0.5, 0.6) is 0 Å². The lowest BCUT2D eigenvalue weighted by Gasteiger charge is -1.69. The first-order valence-electron chi connectivity index (χ1n) is 3.19. The fourth-order valence-corrected chi connectivity index (χ4v) is 0.934. The van der Waals surface area contributed by atoms with Gasteiger partial charge >= 0.3 is 0 Å². The molecule has 0 aliphatic rings. The van der Waals surface area contributed by atoms with Crippen LogP contribution >= 0.6 is 11.3 Å². The van der Waals surface area contributed by atoms with Crippen LogP contribution in [0.15, 0.2) is 47.4 Å². The SMILES string of the molecule is c1ccnnc1.c1ccsc1. The molecule has 0 aromatic carbocycles. The number of hydrogen-bond donors (Lipinski definition) is 0. The second-order valence-corrected chi connectivity index (χ2v) is 2.52. The van der Waals surface area contributed by atoms with Crippen LogP contribution in [0, 0.1) is 0 Å². The van der Waals surface area contributed by atoms with E-state index in [4.69, 9.17) is 0 Å². The Morgan fingerprint density at radius 2 is 1.27 bits per heavy atom. The van der Waals surface area contributed by atoms with Crippen molar-refractivity contribution in [3.63, 3.8) is 0 Å². The molecule has 0 saturated carbocycles. The first kappa shape index (κ1) is 7.88. The van der Waals surface area contributed by atoms with Crippen molar-refractivity contribution in [3.05, 3.63) is 47.4 Å². The molecule has 0 radical (unpaired) electrons. The van der Waals surface area contributed by atoms with E-state index in [1.165, 1.54) is 0 Å². The van der Waals surface area contributed by atoms with Gasteiger partial charge in [0.1, 0.15) is 0 Å². The van der Waals surface area contributed by atoms with Crippen LogP contribution in [-0.2, 0) is 0 Å². The summed E-state index contributed by atoms with van der Waals surface area (Å²) in [4.78, 5) is 0. The van der Waals surface area contributed by atoms with Crippen molar-refractivity contribution in [2.75, 3.05) is 0 Å². The van der Waals surface area contributed by atoms with Gasteiger partial charge in [-0.05, 0) is 22.9 Å². The van der Waals surface area contributed by atoms with E-state index >= 15 is 0 Å². The third-order valence-electron chi connectivity index (χ3n) is 0.909. The van der Waals surface area contributed by atoms with Crippen LogP contribution < -0.4 is 0 Å². The highest BCUT2D eigenvalue weighted by Gasteiger charge is 1.59. The highest BCUT2D eigenvalue weighted by Crippen LogP contribution is 1.91. The molecule has 2 heterocycles. The molecule has 2 rings (SSSR count). The standard InChI is InChI=1S/C4H4N2.C4H4S/c1-2-4-6-5-3-1;1-2-4-5-3-1/h1-4H;1-4H. The fraction of sp³-hybridized carbons (Fsp3) is 0. The highest BCUT2D eigenvalue weighted by atomic mass is 32.1. The summed E-state index contributed by atoms with van der Waals surface area (Å²) in [5.74, 6) is 0. The van der Waals surface area contributed by atoms with Crippen molar-refractivity contribution < 1.29 is 0 Å². The maximum atomic E-state index is 3.53. The summed E-state index contributed by atoms with van der Waals surface area (Å²) in [7, 11) is 0. The van der Waals surface area contributed by atoms with E-state index in [0.717, 1.165) is 0 Å². The highest BCUT2D eigenvalue weighted by molar-refractivity contribution is 7.07. The fourth-order valence-electron chi connectivity index (χ4n) is 0.480. The van der Waals surface area contributed by atoms with Gasteiger partial charge in [-0.15, -0.1) is 0 Å². The average Bonchev–Trinajstić information content (AvgIpc) is 2.64. The minimum absolute atomic E-state index is 1.64. The van der Waals surface area contributed by atoms with E-state index in [-0.39, 0.29) is 0 Å². The minimum atomic E-state index is 1.64. The molecule has 2 aromatic rings. The molecule has 2 aromatic heterocycles. The number of aromatic nitrogens is 2. The number of hydrogen-bond acceptors (Lipinski definition) is 3. The van der Waals surface area contributed by atoms with Gasteiger partial charge in [-0.3, -0.25) is 0 Å². The second kappa shape index (κ2) is 5.56. The summed E-state index contributed by atoms with van der Waals surface area (Å²) in [5, 5.41) is 11.2. The third-order valence-corrected chi connectivity index (χ3v) is 1.54. The lowest BCUT2D eigenvalue weighted by atomic mass is 10.6. The van der Waals surface area contributed by atoms with Gasteiger partial charge in [0.15, 0.2) is 0 Å². The minimum Gasteiger partial charge on any atom is -0.159 e. The summed E-state index contributed by atoms with van der Waals surface area (Å²) in [6.07, 6.45) is 3.28. The molecular formula is C8H8N2S. The summed E-state index contributed by atoms with van der Waals surface area (Å²) in [5.41, 5.74) is 0. The maximum Gasteiger partial charge on any atom is 0.0496 e. The maximum absolute atomic E-state index is 3.53. The number of rotatable bonds is 0. The normalized spacial score (nSPS) is 8.00. The molecular weight excluding hydrogens is 156 g/mol. The van der Waals surface area contributed by atoms with Crippen LogP contribution in [0.1, 0.15) is 0 Å². The van der Waals surface area contributed by atoms with Gasteiger partial charge in [0.25, 0.3) is 0 Å². The zero-order valence-electron chi connectivity index (χ0n) is 5.92. The van der Waals surface area contributed by atoms with E-state index in [0.29, 0.717) is 0 Å². The molecule has 11 heavy (non-hydrogen) atoms. The van der Waals surface area contributed by atoms with Gasteiger partial charge in [-0.1, -0.05) is 12.1 Å². The van der Waals surface area contributed by atoms with Crippen LogP contribution in [0.2, 0.25) is 0 Å². The Kier molecular flexibility index (Phi) is 3.98. The summed E-state index contributed by atoms with van der Waals surface area (Å²) >= 11 is 1.71. The molecule has 0 bridgehead atoms. The monoisotopic (exact) mass is 164 g/mol. The quantitative estimate of drug-likeness (QED) is 0.596. The van der Waals surface area contributed by atoms with Gasteiger partial charge in [-0.25, -0.2) is 0 Å². The molecule has 0 amide bonds. The van der Waals surface area contributed by atoms with Gasteiger partial charge in [0.2, 0.25) is 0 Å². The van der Waals surface area contributed by atoms with Crippen LogP contribution in [0.4, 0.5) is 0 Å². The summed E-state index contributed by atoms with van der Waals surface area (Å²) in [6.45, 7) is 0. The molecule has 0 aliphatic carbocycles. The Labute approximate surface area is 69.5 Å². The van der Waals surface area contributed by atoms with Crippen molar-refractivity contribution in [1.82, 2.24) is 10.2 Å². The molecule has 0 N–H and O–H groups in total. The smallest absolute Gasteiger partial charge is 0.0496 e. The molecule has 0 saturated heterocycles.